The third-order valence-electron chi connectivity index (χ3n) is 6.18. The van der Waals surface area contributed by atoms with Crippen molar-refractivity contribution in [3.8, 4) is 0 Å². The van der Waals surface area contributed by atoms with Crippen molar-refractivity contribution in [3.05, 3.63) is 113 Å². The molecule has 5 nitrogen and oxygen atoms in total. The van der Waals surface area contributed by atoms with Crippen LogP contribution in [-0.4, -0.2) is 35.4 Å². The van der Waals surface area contributed by atoms with E-state index in [0.717, 1.165) is 28.8 Å². The summed E-state index contributed by atoms with van der Waals surface area (Å²) < 4.78 is 4.74. The number of nitrogens with one attached hydrogen (secondary N) is 1. The number of rotatable bonds is 4. The topological polar surface area (TPSA) is 62.4 Å². The Kier molecular flexibility index (Phi) is 5.53. The smallest absolute Gasteiger partial charge is 0.337 e. The highest BCUT2D eigenvalue weighted by atomic mass is 16.5. The lowest BCUT2D eigenvalue weighted by Gasteiger charge is -2.35. The fourth-order valence-corrected chi connectivity index (χ4v) is 4.57. The molecule has 5 heteroatoms. The Bertz CT molecular complexity index is 1340. The van der Waals surface area contributed by atoms with Gasteiger partial charge in [-0.05, 0) is 47.4 Å². The number of amides is 1. The number of H-pyrrole nitrogens is 1. The van der Waals surface area contributed by atoms with Crippen molar-refractivity contribution in [1.82, 2.24) is 9.88 Å². The molecule has 164 valence electrons. The molecule has 33 heavy (non-hydrogen) atoms. The maximum atomic E-state index is 13.4. The molecule has 1 aliphatic heterocycles. The lowest BCUT2D eigenvalue weighted by atomic mass is 9.92. The fraction of sp³-hybridized carbons (Fsp3) is 0.143. The van der Waals surface area contributed by atoms with Crippen molar-refractivity contribution in [2.24, 2.45) is 0 Å². The van der Waals surface area contributed by atoms with Crippen molar-refractivity contribution < 1.29 is 14.3 Å². The Morgan fingerprint density at radius 3 is 2.45 bits per heavy atom. The van der Waals surface area contributed by atoms with Crippen LogP contribution in [-0.2, 0) is 16.0 Å². The van der Waals surface area contributed by atoms with Crippen molar-refractivity contribution in [2.45, 2.75) is 12.5 Å². The zero-order valence-corrected chi connectivity index (χ0v) is 18.3. The van der Waals surface area contributed by atoms with Gasteiger partial charge in [-0.25, -0.2) is 4.79 Å². The molecule has 2 heterocycles. The van der Waals surface area contributed by atoms with E-state index in [-0.39, 0.29) is 17.9 Å². The third-order valence-corrected chi connectivity index (χ3v) is 6.18. The number of hydrogen-bond donors (Lipinski definition) is 1. The van der Waals surface area contributed by atoms with Crippen LogP contribution in [0.15, 0.2) is 84.9 Å². The number of ether oxygens (including phenoxy) is 1. The summed E-state index contributed by atoms with van der Waals surface area (Å²) in [6, 6.07) is 25.3. The van der Waals surface area contributed by atoms with E-state index in [4.69, 9.17) is 4.74 Å². The van der Waals surface area contributed by atoms with Crippen LogP contribution < -0.4 is 0 Å². The molecule has 1 unspecified atom stereocenters. The molecular weight excluding hydrogens is 412 g/mol. The van der Waals surface area contributed by atoms with Crippen molar-refractivity contribution in [3.63, 3.8) is 0 Å². The number of aromatic amines is 1. The maximum Gasteiger partial charge on any atom is 0.337 e. The molecule has 0 saturated carbocycles. The molecule has 0 radical (unpaired) electrons. The average Bonchev–Trinajstić information content (AvgIpc) is 3.25. The summed E-state index contributed by atoms with van der Waals surface area (Å²) in [5.74, 6) is -0.431. The summed E-state index contributed by atoms with van der Waals surface area (Å²) in [5, 5.41) is 1.22. The summed E-state index contributed by atoms with van der Waals surface area (Å²) in [4.78, 5) is 30.5. The third kappa shape index (κ3) is 3.94. The molecule has 0 spiro atoms. The molecule has 1 N–H and O–H groups in total. The number of fused-ring (bicyclic) bond motifs is 3. The summed E-state index contributed by atoms with van der Waals surface area (Å²) in [5.41, 5.74) is 5.86. The Morgan fingerprint density at radius 2 is 1.70 bits per heavy atom. The first-order valence-corrected chi connectivity index (χ1v) is 11.0. The van der Waals surface area contributed by atoms with Crippen LogP contribution in [0.1, 0.15) is 38.8 Å². The average molecular weight is 437 g/mol. The van der Waals surface area contributed by atoms with E-state index in [1.54, 1.807) is 36.4 Å². The first-order chi connectivity index (χ1) is 16.2. The zero-order chi connectivity index (χ0) is 22.8. The van der Waals surface area contributed by atoms with Gasteiger partial charge in [-0.15, -0.1) is 0 Å². The normalized spacial score (nSPS) is 15.5. The molecule has 0 saturated heterocycles. The summed E-state index contributed by atoms with van der Waals surface area (Å²) >= 11 is 0. The van der Waals surface area contributed by atoms with Gasteiger partial charge in [-0.3, -0.25) is 4.79 Å². The number of hydrogen-bond acceptors (Lipinski definition) is 3. The van der Waals surface area contributed by atoms with Crippen molar-refractivity contribution >= 4 is 28.9 Å². The molecule has 1 aliphatic rings. The van der Waals surface area contributed by atoms with Gasteiger partial charge >= 0.3 is 5.97 Å². The number of esters is 1. The number of methoxy groups -OCH3 is 1. The van der Waals surface area contributed by atoms with E-state index in [1.807, 2.05) is 29.2 Å². The molecule has 0 bridgehead atoms. The molecule has 4 aromatic rings. The second-order valence-corrected chi connectivity index (χ2v) is 8.10. The van der Waals surface area contributed by atoms with Crippen LogP contribution in [0.3, 0.4) is 0 Å². The lowest BCUT2D eigenvalue weighted by molar-refractivity contribution is -0.128. The molecule has 5 rings (SSSR count). The van der Waals surface area contributed by atoms with Gasteiger partial charge < -0.3 is 14.6 Å². The second kappa shape index (κ2) is 8.79. The van der Waals surface area contributed by atoms with Gasteiger partial charge in [0, 0.05) is 29.2 Å². The minimum absolute atomic E-state index is 0.0507. The van der Waals surface area contributed by atoms with Crippen molar-refractivity contribution in [1.29, 1.82) is 0 Å². The minimum atomic E-state index is -0.380. The SMILES string of the molecule is COC(=O)c1ccc(/C=C/C(=O)N2CCc3c([nH]c4ccccc34)C2c2ccccc2)cc1. The van der Waals surface area contributed by atoms with Crippen molar-refractivity contribution in [2.75, 3.05) is 13.7 Å². The number of carbonyl (C=O) groups is 2. The largest absolute Gasteiger partial charge is 0.465 e. The summed E-state index contributed by atoms with van der Waals surface area (Å²) in [7, 11) is 1.36. The highest BCUT2D eigenvalue weighted by molar-refractivity contribution is 5.94. The first-order valence-electron chi connectivity index (χ1n) is 11.0. The molecular formula is C28H24N2O3. The van der Waals surface area contributed by atoms with Crippen LogP contribution in [0.4, 0.5) is 0 Å². The summed E-state index contributed by atoms with van der Waals surface area (Å²) in [6.07, 6.45) is 4.19. The lowest BCUT2D eigenvalue weighted by Crippen LogP contribution is -2.39. The highest BCUT2D eigenvalue weighted by Gasteiger charge is 2.33. The Labute approximate surface area is 192 Å². The van der Waals surface area contributed by atoms with Gasteiger partial charge in [-0.1, -0.05) is 60.7 Å². The van der Waals surface area contributed by atoms with E-state index in [1.165, 1.54) is 18.1 Å². The van der Waals surface area contributed by atoms with Crippen LogP contribution in [0.2, 0.25) is 0 Å². The first kappa shape index (κ1) is 20.8. The number of carbonyl (C=O) groups excluding carboxylic acids is 2. The van der Waals surface area contributed by atoms with Gasteiger partial charge in [0.25, 0.3) is 0 Å². The highest BCUT2D eigenvalue weighted by Crippen LogP contribution is 2.38. The Morgan fingerprint density at radius 1 is 0.970 bits per heavy atom. The van der Waals surface area contributed by atoms with Gasteiger partial charge in [0.2, 0.25) is 5.91 Å². The number of benzene rings is 3. The minimum Gasteiger partial charge on any atom is -0.465 e. The van der Waals surface area contributed by atoms with E-state index in [2.05, 4.69) is 35.3 Å². The maximum absolute atomic E-state index is 13.4. The standard InChI is InChI=1S/C28H24N2O3/c1-33-28(32)21-14-11-19(12-15-21)13-16-25(31)30-18-17-23-22-9-5-6-10-24(22)29-26(23)27(30)20-7-3-2-4-8-20/h2-16,27,29H,17-18H2,1H3/b16-13+. The number of nitrogens with zero attached hydrogens (tertiary/aromatic N) is 1. The van der Waals surface area contributed by atoms with Gasteiger partial charge in [0.15, 0.2) is 0 Å². The molecule has 1 atom stereocenters. The number of para-hydroxylation sites is 1. The Hall–Kier alpha value is -4.12. The van der Waals surface area contributed by atoms with Gasteiger partial charge in [0.05, 0.1) is 18.7 Å². The van der Waals surface area contributed by atoms with Crippen LogP contribution in [0, 0.1) is 0 Å². The van der Waals surface area contributed by atoms with E-state index in [0.29, 0.717) is 12.1 Å². The van der Waals surface area contributed by atoms with E-state index < -0.39 is 0 Å². The monoisotopic (exact) mass is 436 g/mol. The van der Waals surface area contributed by atoms with Crippen LogP contribution >= 0.6 is 0 Å². The van der Waals surface area contributed by atoms with Crippen LogP contribution in [0.5, 0.6) is 0 Å². The van der Waals surface area contributed by atoms with E-state index >= 15 is 0 Å². The Balaban J connectivity index is 1.47. The number of aromatic nitrogens is 1. The quantitative estimate of drug-likeness (QED) is 0.356. The molecule has 3 aromatic carbocycles. The van der Waals surface area contributed by atoms with E-state index in [9.17, 15) is 9.59 Å². The second-order valence-electron chi connectivity index (χ2n) is 8.10. The molecule has 0 fully saturated rings. The fourth-order valence-electron chi connectivity index (χ4n) is 4.57. The van der Waals surface area contributed by atoms with Crippen LogP contribution in [0.25, 0.3) is 17.0 Å². The predicted octanol–water partition coefficient (Wildman–Crippen LogP) is 5.14. The molecule has 1 amide bonds. The van der Waals surface area contributed by atoms with Gasteiger partial charge in [0.1, 0.15) is 0 Å². The zero-order valence-electron chi connectivity index (χ0n) is 18.3. The summed E-state index contributed by atoms with van der Waals surface area (Å²) in [6.45, 7) is 0.638. The predicted molar refractivity (Wildman–Crippen MR) is 129 cm³/mol. The molecule has 1 aromatic heterocycles. The van der Waals surface area contributed by atoms with Gasteiger partial charge in [-0.2, -0.15) is 0 Å². The molecule has 0 aliphatic carbocycles.